The molecule has 1 aromatic rings. The topological polar surface area (TPSA) is 43.4 Å². The van der Waals surface area contributed by atoms with Crippen molar-refractivity contribution in [1.82, 2.24) is 0 Å². The molecule has 1 atom stereocenters. The van der Waals surface area contributed by atoms with Gasteiger partial charge in [-0.2, -0.15) is 0 Å². The highest BCUT2D eigenvalue weighted by Gasteiger charge is 2.27. The second-order valence-corrected chi connectivity index (χ2v) is 4.04. The van der Waals surface area contributed by atoms with E-state index < -0.39 is 35.7 Å². The summed E-state index contributed by atoms with van der Waals surface area (Å²) in [5, 5.41) is 0. The van der Waals surface area contributed by atoms with E-state index in [9.17, 15) is 18.4 Å². The molecule has 0 heterocycles. The number of carbonyl (C=O) groups is 2. The number of benzene rings is 1. The summed E-state index contributed by atoms with van der Waals surface area (Å²) in [6.45, 7) is 3.42. The van der Waals surface area contributed by atoms with Gasteiger partial charge in [-0.3, -0.25) is 9.59 Å². The molecule has 0 aliphatic carbocycles. The second kappa shape index (κ2) is 6.97. The zero-order valence-corrected chi connectivity index (χ0v) is 10.9. The standard InChI is InChI=1S/C14H16F2O3/c1-3-9(12(17)8-13(18)19-4-2)14-10(15)6-5-7-11(14)16/h5-7,9H,3-4,8H2,1-2H3/t9-/m0/s1. The van der Waals surface area contributed by atoms with E-state index in [2.05, 4.69) is 4.74 Å². The van der Waals surface area contributed by atoms with Crippen LogP contribution in [0.3, 0.4) is 0 Å². The molecule has 5 heteroatoms. The molecule has 0 radical (unpaired) electrons. The van der Waals surface area contributed by atoms with Crippen molar-refractivity contribution in [1.29, 1.82) is 0 Å². The molecule has 104 valence electrons. The summed E-state index contributed by atoms with van der Waals surface area (Å²) in [5.41, 5.74) is -0.278. The SMILES string of the molecule is CCOC(=O)CC(=O)[C@H](CC)c1c(F)cccc1F. The van der Waals surface area contributed by atoms with Crippen LogP contribution in [0.5, 0.6) is 0 Å². The maximum atomic E-state index is 13.6. The molecule has 19 heavy (non-hydrogen) atoms. The van der Waals surface area contributed by atoms with Crippen LogP contribution in [0.1, 0.15) is 38.2 Å². The third kappa shape index (κ3) is 3.84. The van der Waals surface area contributed by atoms with E-state index in [0.29, 0.717) is 0 Å². The van der Waals surface area contributed by atoms with Crippen LogP contribution < -0.4 is 0 Å². The number of carbonyl (C=O) groups excluding carboxylic acids is 2. The Morgan fingerprint density at radius 3 is 2.26 bits per heavy atom. The summed E-state index contributed by atoms with van der Waals surface area (Å²) in [6, 6.07) is 3.42. The van der Waals surface area contributed by atoms with Crippen molar-refractivity contribution in [2.24, 2.45) is 0 Å². The number of ketones is 1. The lowest BCUT2D eigenvalue weighted by Crippen LogP contribution is -2.19. The Morgan fingerprint density at radius 1 is 1.21 bits per heavy atom. The maximum Gasteiger partial charge on any atom is 0.313 e. The van der Waals surface area contributed by atoms with Gasteiger partial charge in [-0.1, -0.05) is 13.0 Å². The van der Waals surface area contributed by atoms with Crippen molar-refractivity contribution in [3.05, 3.63) is 35.4 Å². The molecule has 0 fully saturated rings. The monoisotopic (exact) mass is 270 g/mol. The van der Waals surface area contributed by atoms with E-state index in [4.69, 9.17) is 0 Å². The molecule has 0 amide bonds. The number of hydrogen-bond acceptors (Lipinski definition) is 3. The zero-order valence-electron chi connectivity index (χ0n) is 10.9. The highest BCUT2D eigenvalue weighted by atomic mass is 19.1. The first-order valence-corrected chi connectivity index (χ1v) is 6.13. The van der Waals surface area contributed by atoms with Gasteiger partial charge in [0.15, 0.2) is 5.78 Å². The van der Waals surface area contributed by atoms with Crippen LogP contribution in [0.25, 0.3) is 0 Å². The molecule has 0 spiro atoms. The van der Waals surface area contributed by atoms with Crippen LogP contribution in [0.2, 0.25) is 0 Å². The van der Waals surface area contributed by atoms with Crippen molar-refractivity contribution in [2.45, 2.75) is 32.6 Å². The van der Waals surface area contributed by atoms with Crippen LogP contribution >= 0.6 is 0 Å². The predicted molar refractivity (Wildman–Crippen MR) is 65.6 cm³/mol. The second-order valence-electron chi connectivity index (χ2n) is 4.04. The molecule has 1 rings (SSSR count). The first-order valence-electron chi connectivity index (χ1n) is 6.13. The van der Waals surface area contributed by atoms with E-state index in [1.54, 1.807) is 13.8 Å². The summed E-state index contributed by atoms with van der Waals surface area (Å²) in [4.78, 5) is 23.2. The molecule has 0 aliphatic heterocycles. The number of halogens is 2. The average Bonchev–Trinajstić information content (AvgIpc) is 2.34. The van der Waals surface area contributed by atoms with Gasteiger partial charge in [-0.15, -0.1) is 0 Å². The fourth-order valence-corrected chi connectivity index (χ4v) is 1.91. The maximum absolute atomic E-state index is 13.6. The Hall–Kier alpha value is -1.78. The quantitative estimate of drug-likeness (QED) is 0.589. The predicted octanol–water partition coefficient (Wildman–Crippen LogP) is 2.98. The highest BCUT2D eigenvalue weighted by Crippen LogP contribution is 2.27. The smallest absolute Gasteiger partial charge is 0.313 e. The van der Waals surface area contributed by atoms with Gasteiger partial charge in [-0.05, 0) is 25.5 Å². The van der Waals surface area contributed by atoms with Gasteiger partial charge in [-0.25, -0.2) is 8.78 Å². The van der Waals surface area contributed by atoms with Crippen LogP contribution in [-0.4, -0.2) is 18.4 Å². The molecule has 3 nitrogen and oxygen atoms in total. The van der Waals surface area contributed by atoms with E-state index >= 15 is 0 Å². The Balaban J connectivity index is 2.94. The first kappa shape index (κ1) is 15.3. The summed E-state index contributed by atoms with van der Waals surface area (Å²) < 4.78 is 31.9. The fraction of sp³-hybridized carbons (Fsp3) is 0.429. The van der Waals surface area contributed by atoms with Gasteiger partial charge in [0.1, 0.15) is 18.1 Å². The molecule has 0 aliphatic rings. The molecule has 0 bridgehead atoms. The number of hydrogen-bond donors (Lipinski definition) is 0. The third-order valence-corrected chi connectivity index (χ3v) is 2.77. The summed E-state index contributed by atoms with van der Waals surface area (Å²) in [6.07, 6.45) is -0.254. The normalized spacial score (nSPS) is 12.0. The summed E-state index contributed by atoms with van der Waals surface area (Å²) in [7, 11) is 0. The van der Waals surface area contributed by atoms with Crippen LogP contribution in [0.15, 0.2) is 18.2 Å². The highest BCUT2D eigenvalue weighted by molar-refractivity contribution is 5.99. The van der Waals surface area contributed by atoms with Crippen molar-refractivity contribution in [2.75, 3.05) is 6.61 Å². The van der Waals surface area contributed by atoms with Crippen molar-refractivity contribution in [3.63, 3.8) is 0 Å². The zero-order chi connectivity index (χ0) is 14.4. The van der Waals surface area contributed by atoms with Crippen molar-refractivity contribution >= 4 is 11.8 Å². The van der Waals surface area contributed by atoms with Crippen LogP contribution in [0.4, 0.5) is 8.78 Å². The Labute approximate surface area is 110 Å². The van der Waals surface area contributed by atoms with E-state index in [1.807, 2.05) is 0 Å². The van der Waals surface area contributed by atoms with E-state index in [0.717, 1.165) is 12.1 Å². The van der Waals surface area contributed by atoms with Gasteiger partial charge in [0.05, 0.1) is 6.61 Å². The summed E-state index contributed by atoms with van der Waals surface area (Å²) in [5.74, 6) is -3.73. The Morgan fingerprint density at radius 2 is 1.79 bits per heavy atom. The first-order chi connectivity index (χ1) is 9.01. The van der Waals surface area contributed by atoms with Crippen molar-refractivity contribution in [3.8, 4) is 0 Å². The molecule has 0 saturated carbocycles. The van der Waals surface area contributed by atoms with Crippen molar-refractivity contribution < 1.29 is 23.1 Å². The lowest BCUT2D eigenvalue weighted by Gasteiger charge is -2.15. The lowest BCUT2D eigenvalue weighted by atomic mass is 9.90. The minimum Gasteiger partial charge on any atom is -0.466 e. The van der Waals surface area contributed by atoms with Gasteiger partial charge < -0.3 is 4.74 Å². The van der Waals surface area contributed by atoms with Crippen LogP contribution in [0, 0.1) is 11.6 Å². The molecule has 0 saturated heterocycles. The molecule has 0 unspecified atom stereocenters. The Bertz CT molecular complexity index is 452. The summed E-state index contributed by atoms with van der Waals surface area (Å²) >= 11 is 0. The third-order valence-electron chi connectivity index (χ3n) is 2.77. The number of ether oxygens (including phenoxy) is 1. The van der Waals surface area contributed by atoms with Gasteiger partial charge in [0.2, 0.25) is 0 Å². The molecule has 0 N–H and O–H groups in total. The number of rotatable bonds is 6. The van der Waals surface area contributed by atoms with Crippen LogP contribution in [-0.2, 0) is 14.3 Å². The largest absolute Gasteiger partial charge is 0.466 e. The number of Topliss-reactive ketones (excluding diaryl/α,β-unsaturated/α-hetero) is 1. The van der Waals surface area contributed by atoms with Gasteiger partial charge >= 0.3 is 5.97 Å². The molecular formula is C14H16F2O3. The minimum absolute atomic E-state index is 0.164. The fourth-order valence-electron chi connectivity index (χ4n) is 1.91. The number of esters is 1. The van der Waals surface area contributed by atoms with Gasteiger partial charge in [0.25, 0.3) is 0 Å². The molecular weight excluding hydrogens is 254 g/mol. The lowest BCUT2D eigenvalue weighted by molar-refractivity contribution is -0.145. The molecule has 1 aromatic carbocycles. The molecule has 0 aromatic heterocycles. The Kier molecular flexibility index (Phi) is 5.60. The minimum atomic E-state index is -0.967. The van der Waals surface area contributed by atoms with E-state index in [1.165, 1.54) is 6.07 Å². The average molecular weight is 270 g/mol. The van der Waals surface area contributed by atoms with Gasteiger partial charge in [0, 0.05) is 11.5 Å². The van der Waals surface area contributed by atoms with E-state index in [-0.39, 0.29) is 18.6 Å².